The predicted octanol–water partition coefficient (Wildman–Crippen LogP) is 3.97. The van der Waals surface area contributed by atoms with Gasteiger partial charge in [-0.3, -0.25) is 4.79 Å². The Kier molecular flexibility index (Phi) is 5.00. The normalized spacial score (nSPS) is 10.2. The van der Waals surface area contributed by atoms with Crippen LogP contribution in [0.5, 0.6) is 17.2 Å². The number of phenols is 1. The minimum absolute atomic E-state index is 0.0368. The van der Waals surface area contributed by atoms with Crippen LogP contribution in [0, 0.1) is 0 Å². The molecule has 0 aliphatic rings. The van der Waals surface area contributed by atoms with E-state index >= 15 is 0 Å². The second-order valence-corrected chi connectivity index (χ2v) is 5.09. The second kappa shape index (κ2) is 6.77. The van der Waals surface area contributed by atoms with Crippen LogP contribution in [0.1, 0.15) is 10.4 Å². The largest absolute Gasteiger partial charge is 0.505 e. The molecule has 2 aromatic rings. The molecule has 2 N–H and O–H groups in total. The summed E-state index contributed by atoms with van der Waals surface area (Å²) in [6.45, 7) is 0. The SMILES string of the molecule is COc1cccc(OC)c1C(=O)Nc1cc(Cl)c(O)c(Cl)c1. The molecule has 0 atom stereocenters. The van der Waals surface area contributed by atoms with Gasteiger partial charge in [0.2, 0.25) is 0 Å². The Labute approximate surface area is 137 Å². The predicted molar refractivity (Wildman–Crippen MR) is 85.6 cm³/mol. The number of hydrogen-bond donors (Lipinski definition) is 2. The van der Waals surface area contributed by atoms with Gasteiger partial charge < -0.3 is 19.9 Å². The van der Waals surface area contributed by atoms with E-state index in [0.717, 1.165) is 0 Å². The molecule has 5 nitrogen and oxygen atoms in total. The van der Waals surface area contributed by atoms with Crippen LogP contribution in [0.25, 0.3) is 0 Å². The van der Waals surface area contributed by atoms with Crippen molar-refractivity contribution in [1.82, 2.24) is 0 Å². The molecule has 0 heterocycles. The zero-order chi connectivity index (χ0) is 16.3. The van der Waals surface area contributed by atoms with Gasteiger partial charge in [0.15, 0.2) is 5.75 Å². The van der Waals surface area contributed by atoms with Crippen molar-refractivity contribution < 1.29 is 19.4 Å². The molecule has 116 valence electrons. The van der Waals surface area contributed by atoms with E-state index in [1.807, 2.05) is 0 Å². The number of rotatable bonds is 4. The van der Waals surface area contributed by atoms with Gasteiger partial charge in [-0.05, 0) is 24.3 Å². The zero-order valence-corrected chi connectivity index (χ0v) is 13.3. The fraction of sp³-hybridized carbons (Fsp3) is 0.133. The number of aromatic hydroxyl groups is 1. The summed E-state index contributed by atoms with van der Waals surface area (Å²) in [7, 11) is 2.92. The van der Waals surface area contributed by atoms with E-state index in [1.54, 1.807) is 18.2 Å². The molecular formula is C15H13Cl2NO4. The van der Waals surface area contributed by atoms with E-state index < -0.39 is 5.91 Å². The van der Waals surface area contributed by atoms with Gasteiger partial charge in [-0.15, -0.1) is 0 Å². The molecule has 0 saturated heterocycles. The summed E-state index contributed by atoms with van der Waals surface area (Å²) < 4.78 is 10.4. The highest BCUT2D eigenvalue weighted by Gasteiger charge is 2.19. The van der Waals surface area contributed by atoms with E-state index in [0.29, 0.717) is 17.2 Å². The highest BCUT2D eigenvalue weighted by Crippen LogP contribution is 2.35. The first-order chi connectivity index (χ1) is 10.5. The van der Waals surface area contributed by atoms with E-state index in [-0.39, 0.29) is 21.4 Å². The third-order valence-electron chi connectivity index (χ3n) is 2.93. The van der Waals surface area contributed by atoms with Gasteiger partial charge in [-0.1, -0.05) is 29.3 Å². The van der Waals surface area contributed by atoms with Crippen molar-refractivity contribution in [1.29, 1.82) is 0 Å². The van der Waals surface area contributed by atoms with Gasteiger partial charge >= 0.3 is 0 Å². The molecule has 0 fully saturated rings. The first-order valence-corrected chi connectivity index (χ1v) is 6.94. The lowest BCUT2D eigenvalue weighted by Crippen LogP contribution is -2.14. The third-order valence-corrected chi connectivity index (χ3v) is 3.51. The summed E-state index contributed by atoms with van der Waals surface area (Å²) in [4.78, 5) is 12.5. The number of anilines is 1. The van der Waals surface area contributed by atoms with Gasteiger partial charge in [0.25, 0.3) is 5.91 Å². The number of methoxy groups -OCH3 is 2. The lowest BCUT2D eigenvalue weighted by molar-refractivity contribution is 0.102. The summed E-state index contributed by atoms with van der Waals surface area (Å²) in [6.07, 6.45) is 0. The molecule has 0 bridgehead atoms. The smallest absolute Gasteiger partial charge is 0.263 e. The Hall–Kier alpha value is -2.11. The van der Waals surface area contributed by atoms with E-state index in [9.17, 15) is 9.90 Å². The highest BCUT2D eigenvalue weighted by atomic mass is 35.5. The van der Waals surface area contributed by atoms with Crippen LogP contribution in [0.2, 0.25) is 10.0 Å². The maximum absolute atomic E-state index is 12.5. The monoisotopic (exact) mass is 341 g/mol. The number of hydrogen-bond acceptors (Lipinski definition) is 4. The zero-order valence-electron chi connectivity index (χ0n) is 11.8. The number of phenolic OH excluding ortho intramolecular Hbond substituents is 1. The Morgan fingerprint density at radius 3 is 2.05 bits per heavy atom. The number of benzene rings is 2. The number of ether oxygens (including phenoxy) is 2. The van der Waals surface area contributed by atoms with Gasteiger partial charge in [-0.2, -0.15) is 0 Å². The van der Waals surface area contributed by atoms with E-state index in [2.05, 4.69) is 5.32 Å². The molecule has 0 unspecified atom stereocenters. The van der Waals surface area contributed by atoms with Crippen LogP contribution in [0.15, 0.2) is 30.3 Å². The summed E-state index contributed by atoms with van der Waals surface area (Å²) >= 11 is 11.7. The highest BCUT2D eigenvalue weighted by molar-refractivity contribution is 6.37. The Balaban J connectivity index is 2.38. The second-order valence-electron chi connectivity index (χ2n) is 4.28. The van der Waals surface area contributed by atoms with Crippen LogP contribution in [0.4, 0.5) is 5.69 Å². The van der Waals surface area contributed by atoms with Gasteiger partial charge in [0.05, 0.1) is 24.3 Å². The number of nitrogens with one attached hydrogen (secondary N) is 1. The minimum atomic E-state index is -0.452. The molecule has 0 spiro atoms. The molecule has 0 aliphatic carbocycles. The Bertz CT molecular complexity index is 673. The van der Waals surface area contributed by atoms with Crippen molar-refractivity contribution in [3.63, 3.8) is 0 Å². The quantitative estimate of drug-likeness (QED) is 0.825. The molecule has 0 aliphatic heterocycles. The van der Waals surface area contributed by atoms with Crippen LogP contribution in [0.3, 0.4) is 0 Å². The summed E-state index contributed by atoms with van der Waals surface area (Å²) in [5.41, 5.74) is 0.582. The number of amides is 1. The molecule has 0 aromatic heterocycles. The van der Waals surface area contributed by atoms with Crippen LogP contribution in [-0.4, -0.2) is 25.2 Å². The number of carbonyl (C=O) groups excluding carboxylic acids is 1. The minimum Gasteiger partial charge on any atom is -0.505 e. The number of carbonyl (C=O) groups is 1. The van der Waals surface area contributed by atoms with Crippen LogP contribution in [-0.2, 0) is 0 Å². The molecule has 2 aromatic carbocycles. The van der Waals surface area contributed by atoms with Crippen molar-refractivity contribution in [3.8, 4) is 17.2 Å². The lowest BCUT2D eigenvalue weighted by atomic mass is 10.1. The van der Waals surface area contributed by atoms with Crippen LogP contribution < -0.4 is 14.8 Å². The molecule has 22 heavy (non-hydrogen) atoms. The standard InChI is InChI=1S/C15H13Cl2NO4/c1-21-11-4-3-5-12(22-2)13(11)15(20)18-8-6-9(16)14(19)10(17)7-8/h3-7,19H,1-2H3,(H,18,20). The fourth-order valence-corrected chi connectivity index (χ4v) is 2.39. The lowest BCUT2D eigenvalue weighted by Gasteiger charge is -2.13. The van der Waals surface area contributed by atoms with Crippen molar-refractivity contribution in [3.05, 3.63) is 45.9 Å². The topological polar surface area (TPSA) is 67.8 Å². The molecule has 7 heteroatoms. The van der Waals surface area contributed by atoms with Gasteiger partial charge in [0.1, 0.15) is 17.1 Å². The van der Waals surface area contributed by atoms with Gasteiger partial charge in [-0.25, -0.2) is 0 Å². The average Bonchev–Trinajstić information content (AvgIpc) is 2.51. The molecular weight excluding hydrogens is 329 g/mol. The van der Waals surface area contributed by atoms with Crippen LogP contribution >= 0.6 is 23.2 Å². The third kappa shape index (κ3) is 3.21. The molecule has 0 saturated carbocycles. The maximum atomic E-state index is 12.5. The number of halogens is 2. The van der Waals surface area contributed by atoms with E-state index in [4.69, 9.17) is 32.7 Å². The first-order valence-electron chi connectivity index (χ1n) is 6.18. The summed E-state index contributed by atoms with van der Waals surface area (Å²) in [6, 6.07) is 7.79. The van der Waals surface area contributed by atoms with Gasteiger partial charge in [0, 0.05) is 5.69 Å². The Morgan fingerprint density at radius 1 is 1.09 bits per heavy atom. The maximum Gasteiger partial charge on any atom is 0.263 e. The Morgan fingerprint density at radius 2 is 1.59 bits per heavy atom. The molecule has 0 radical (unpaired) electrons. The van der Waals surface area contributed by atoms with Crippen molar-refractivity contribution in [2.24, 2.45) is 0 Å². The van der Waals surface area contributed by atoms with Crippen molar-refractivity contribution in [2.45, 2.75) is 0 Å². The summed E-state index contributed by atoms with van der Waals surface area (Å²) in [5.74, 6) is 0.0453. The first kappa shape index (κ1) is 16.3. The van der Waals surface area contributed by atoms with Crippen molar-refractivity contribution in [2.75, 3.05) is 19.5 Å². The molecule has 2 rings (SSSR count). The van der Waals surface area contributed by atoms with Crippen molar-refractivity contribution >= 4 is 34.8 Å². The fourth-order valence-electron chi connectivity index (χ4n) is 1.91. The average molecular weight is 342 g/mol. The molecule has 1 amide bonds. The summed E-state index contributed by atoms with van der Waals surface area (Å²) in [5, 5.41) is 12.2. The van der Waals surface area contributed by atoms with E-state index in [1.165, 1.54) is 26.4 Å².